The Hall–Kier alpha value is -7.82. The molecule has 11 rings (SSSR count). The Balaban J connectivity index is 1.29. The highest BCUT2D eigenvalue weighted by Crippen LogP contribution is 2.44. The minimum atomic E-state index is 0.429. The van der Waals surface area contributed by atoms with Crippen LogP contribution in [0.3, 0.4) is 0 Å². The summed E-state index contributed by atoms with van der Waals surface area (Å²) in [5.41, 5.74) is 25.2. The second kappa shape index (κ2) is 16.1. The number of hydrogen-bond acceptors (Lipinski definition) is 2. The molecule has 4 aliphatic rings. The van der Waals surface area contributed by atoms with Crippen molar-refractivity contribution in [1.29, 1.82) is 0 Å². The summed E-state index contributed by atoms with van der Waals surface area (Å²) in [5.74, 6) is 0.429. The van der Waals surface area contributed by atoms with Crippen molar-refractivity contribution >= 4 is 45.9 Å². The molecule has 0 fully saturated rings. The molecule has 0 saturated heterocycles. The van der Waals surface area contributed by atoms with Gasteiger partial charge >= 0.3 is 0 Å². The fraction of sp³-hybridized carbons (Fsp3) is 0.100. The van der Waals surface area contributed by atoms with Gasteiger partial charge < -0.3 is 9.97 Å². The lowest BCUT2D eigenvalue weighted by atomic mass is 9.93. The summed E-state index contributed by atoms with van der Waals surface area (Å²) >= 11 is 0. The van der Waals surface area contributed by atoms with Crippen LogP contribution in [0.25, 0.3) is 102 Å². The topological polar surface area (TPSA) is 57.4 Å². The zero-order valence-electron chi connectivity index (χ0n) is 36.6. The quantitative estimate of drug-likeness (QED) is 0.168. The van der Waals surface area contributed by atoms with Gasteiger partial charge in [0.1, 0.15) is 0 Å². The Labute approximate surface area is 374 Å². The van der Waals surface area contributed by atoms with Crippen LogP contribution < -0.4 is 0 Å². The maximum atomic E-state index is 5.80. The van der Waals surface area contributed by atoms with Gasteiger partial charge in [0.15, 0.2) is 0 Å². The Bertz CT molecular complexity index is 3420. The van der Waals surface area contributed by atoms with Crippen molar-refractivity contribution in [3.05, 3.63) is 215 Å². The summed E-state index contributed by atoms with van der Waals surface area (Å²) in [5, 5.41) is 0. The molecular weight excluding hydrogens is 777 g/mol. The maximum absolute atomic E-state index is 5.80. The molecule has 0 saturated carbocycles. The molecule has 5 heterocycles. The van der Waals surface area contributed by atoms with Gasteiger partial charge in [0.2, 0.25) is 0 Å². The number of aryl methyl sites for hydroxylation is 2. The molecule has 3 aromatic heterocycles. The molecule has 4 nitrogen and oxygen atoms in total. The SMILES string of the molecule is Cc1cc(CC2=Cc3nc2c(-c2ccccc2)c2ccc([nH]2)c(-c2ccccc2)c2nc(c(-c4ccccc4)c4ccc([nH]4)c3-c3ccccc3)C=C2)c2c(C)ccc(C(C)C)cc1-2. The molecule has 2 N–H and O–H groups in total. The lowest BCUT2D eigenvalue weighted by Crippen LogP contribution is -1.94. The number of nitrogens with zero attached hydrogens (tertiary/aromatic N) is 2. The van der Waals surface area contributed by atoms with Crippen LogP contribution in [0, 0.1) is 13.8 Å². The molecule has 0 atom stereocenters. The van der Waals surface area contributed by atoms with Gasteiger partial charge in [-0.05, 0) is 123 Å². The second-order valence-electron chi connectivity index (χ2n) is 17.4. The molecule has 64 heavy (non-hydrogen) atoms. The van der Waals surface area contributed by atoms with Gasteiger partial charge in [0.25, 0.3) is 0 Å². The number of hydrogen-bond donors (Lipinski definition) is 2. The average Bonchev–Trinajstić information content (AvgIpc) is 4.18. The fourth-order valence-electron chi connectivity index (χ4n) is 9.77. The normalized spacial score (nSPS) is 12.3. The van der Waals surface area contributed by atoms with E-state index in [2.05, 4.69) is 226 Å². The summed E-state index contributed by atoms with van der Waals surface area (Å²) in [7, 11) is 0. The molecule has 2 aliphatic carbocycles. The monoisotopic (exact) mass is 824 g/mol. The first kappa shape index (κ1) is 39.1. The predicted molar refractivity (Wildman–Crippen MR) is 270 cm³/mol. The smallest absolute Gasteiger partial charge is 0.0772 e. The first-order chi connectivity index (χ1) is 31.4. The highest BCUT2D eigenvalue weighted by Gasteiger charge is 2.25. The van der Waals surface area contributed by atoms with E-state index in [9.17, 15) is 0 Å². The zero-order chi connectivity index (χ0) is 43.3. The van der Waals surface area contributed by atoms with Gasteiger partial charge in [-0.2, -0.15) is 0 Å². The molecular formula is C60H48N4. The van der Waals surface area contributed by atoms with E-state index < -0.39 is 0 Å². The van der Waals surface area contributed by atoms with Crippen molar-refractivity contribution in [2.75, 3.05) is 0 Å². The highest BCUT2D eigenvalue weighted by molar-refractivity contribution is 6.02. The molecule has 0 spiro atoms. The summed E-state index contributed by atoms with van der Waals surface area (Å²) in [6.45, 7) is 9.07. The maximum Gasteiger partial charge on any atom is 0.0772 e. The zero-order valence-corrected chi connectivity index (χ0v) is 36.6. The van der Waals surface area contributed by atoms with Crippen molar-refractivity contribution in [3.8, 4) is 55.6 Å². The molecule has 0 unspecified atom stereocenters. The average molecular weight is 825 g/mol. The molecule has 4 heteroatoms. The van der Waals surface area contributed by atoms with Crippen LogP contribution in [0.1, 0.15) is 64.8 Å². The van der Waals surface area contributed by atoms with Crippen molar-refractivity contribution in [2.45, 2.75) is 40.0 Å². The lowest BCUT2D eigenvalue weighted by Gasteiger charge is -2.11. The van der Waals surface area contributed by atoms with Crippen LogP contribution in [-0.4, -0.2) is 19.9 Å². The third-order valence-electron chi connectivity index (χ3n) is 12.9. The summed E-state index contributed by atoms with van der Waals surface area (Å²) < 4.78 is 0. The van der Waals surface area contributed by atoms with E-state index in [0.717, 1.165) is 89.4 Å². The Morgan fingerprint density at radius 3 is 1.38 bits per heavy atom. The van der Waals surface area contributed by atoms with E-state index in [1.165, 1.54) is 39.0 Å². The number of nitrogens with one attached hydrogen (secondary N) is 2. The van der Waals surface area contributed by atoms with Gasteiger partial charge in [0, 0.05) is 50.7 Å². The van der Waals surface area contributed by atoms with Gasteiger partial charge in [-0.1, -0.05) is 159 Å². The van der Waals surface area contributed by atoms with Crippen molar-refractivity contribution in [1.82, 2.24) is 19.9 Å². The predicted octanol–water partition coefficient (Wildman–Crippen LogP) is 15.8. The van der Waals surface area contributed by atoms with E-state index in [1.54, 1.807) is 0 Å². The molecule has 0 amide bonds. The Morgan fingerprint density at radius 1 is 0.438 bits per heavy atom. The number of allylic oxidation sites excluding steroid dienone is 1. The largest absolute Gasteiger partial charge is 0.354 e. The number of rotatable bonds is 7. The van der Waals surface area contributed by atoms with Crippen molar-refractivity contribution < 1.29 is 0 Å². The van der Waals surface area contributed by atoms with Gasteiger partial charge in [-0.25, -0.2) is 9.97 Å². The summed E-state index contributed by atoms with van der Waals surface area (Å²) in [6, 6.07) is 60.9. The van der Waals surface area contributed by atoms with Crippen molar-refractivity contribution in [2.24, 2.45) is 0 Å². The number of aromatic amines is 2. The summed E-state index contributed by atoms with van der Waals surface area (Å²) in [6.07, 6.45) is 7.38. The molecule has 0 radical (unpaired) electrons. The van der Waals surface area contributed by atoms with E-state index >= 15 is 0 Å². The first-order valence-corrected chi connectivity index (χ1v) is 22.3. The number of H-pyrrole nitrogens is 2. The molecule has 7 aromatic rings. The van der Waals surface area contributed by atoms with Crippen LogP contribution in [-0.2, 0) is 6.42 Å². The van der Waals surface area contributed by atoms with Gasteiger partial charge in [0.05, 0.1) is 22.8 Å². The van der Waals surface area contributed by atoms with Gasteiger partial charge in [-0.3, -0.25) is 0 Å². The van der Waals surface area contributed by atoms with Crippen LogP contribution in [0.2, 0.25) is 0 Å². The third kappa shape index (κ3) is 6.98. The van der Waals surface area contributed by atoms with Crippen molar-refractivity contribution in [3.63, 3.8) is 0 Å². The molecule has 8 bridgehead atoms. The molecule has 2 aliphatic heterocycles. The number of aromatic nitrogens is 4. The highest BCUT2D eigenvalue weighted by atomic mass is 14.8. The first-order valence-electron chi connectivity index (χ1n) is 22.3. The second-order valence-corrected chi connectivity index (χ2v) is 17.4. The van der Waals surface area contributed by atoms with Gasteiger partial charge in [-0.15, -0.1) is 0 Å². The van der Waals surface area contributed by atoms with Crippen LogP contribution in [0.5, 0.6) is 0 Å². The molecule has 4 aromatic carbocycles. The lowest BCUT2D eigenvalue weighted by molar-refractivity contribution is 0.868. The van der Waals surface area contributed by atoms with E-state index in [-0.39, 0.29) is 0 Å². The van der Waals surface area contributed by atoms with Crippen LogP contribution >= 0.6 is 0 Å². The third-order valence-corrected chi connectivity index (χ3v) is 12.9. The van der Waals surface area contributed by atoms with E-state index in [1.807, 2.05) is 0 Å². The molecule has 308 valence electrons. The fourth-order valence-corrected chi connectivity index (χ4v) is 9.77. The van der Waals surface area contributed by atoms with E-state index in [0.29, 0.717) is 12.3 Å². The number of benzene rings is 4. The Kier molecular flexibility index (Phi) is 9.85. The van der Waals surface area contributed by atoms with Crippen LogP contribution in [0.4, 0.5) is 0 Å². The van der Waals surface area contributed by atoms with E-state index in [4.69, 9.17) is 9.97 Å². The number of fused-ring (bicyclic) bond motifs is 9. The minimum Gasteiger partial charge on any atom is -0.354 e. The van der Waals surface area contributed by atoms with Crippen LogP contribution in [0.15, 0.2) is 170 Å². The Morgan fingerprint density at radius 2 is 0.891 bits per heavy atom. The summed E-state index contributed by atoms with van der Waals surface area (Å²) in [4.78, 5) is 19.1. The minimum absolute atomic E-state index is 0.429. The standard InChI is InChI=1S/C60H48N4/c1-37(2)44-26-25-38(3)55-45(33-39(4)47(55)35-44)34-46-36-54-58(42-21-13-7-14-22-42)52-30-29-50(62-52)56(40-17-9-5-10-18-40)48-27-28-49(61-48)57(41-19-11-6-12-20-41)51-31-32-53(63-51)59(60(46)64-54)43-23-15-8-16-24-43/h5-33,35-37,62-63H,34H2,1-4H3.